The average Bonchev–Trinajstić information content (AvgIpc) is 0.830. The summed E-state index contributed by atoms with van der Waals surface area (Å²) in [5.41, 5.74) is 9.75. The van der Waals surface area contributed by atoms with Crippen LogP contribution in [0.25, 0.3) is 153 Å². The zero-order valence-electron chi connectivity index (χ0n) is 55.1. The Labute approximate surface area is 530 Å². The highest BCUT2D eigenvalue weighted by Gasteiger charge is 2.32. The minimum Gasteiger partial charge on any atom is -0.456 e. The van der Waals surface area contributed by atoms with Crippen LogP contribution in [-0.2, 0) is 21.7 Å². The molecule has 11 aromatic carbocycles. The Morgan fingerprint density at radius 2 is 0.674 bits per heavy atom. The number of aromatic nitrogens is 3. The first-order valence-corrected chi connectivity index (χ1v) is 32.3. The van der Waals surface area contributed by atoms with Crippen LogP contribution in [0, 0.1) is 0 Å². The summed E-state index contributed by atoms with van der Waals surface area (Å²) in [5.74, 6) is -0.109. The number of nitrogens with zero attached hydrogens (tertiary/aromatic N) is 3. The maximum absolute atomic E-state index is 16.6. The van der Waals surface area contributed by atoms with Crippen molar-refractivity contribution in [3.05, 3.63) is 204 Å². The van der Waals surface area contributed by atoms with E-state index in [2.05, 4.69) is 165 Å². The van der Waals surface area contributed by atoms with Crippen molar-refractivity contribution in [1.82, 2.24) is 14.0 Å². The minimum absolute atomic E-state index is 0.0546. The van der Waals surface area contributed by atoms with Crippen LogP contribution in [0.15, 0.2) is 172 Å². The fourth-order valence-electron chi connectivity index (χ4n) is 14.7. The van der Waals surface area contributed by atoms with E-state index in [1.807, 2.05) is 84.9 Å². The van der Waals surface area contributed by atoms with E-state index in [4.69, 9.17) is 22.7 Å². The van der Waals surface area contributed by atoms with Gasteiger partial charge in [0.15, 0.2) is 0 Å². The van der Waals surface area contributed by atoms with Gasteiger partial charge in [-0.2, -0.15) is 0 Å². The summed E-state index contributed by atoms with van der Waals surface area (Å²) in [6, 6.07) is 46.8. The lowest BCUT2D eigenvalue weighted by Crippen LogP contribution is -2.33. The van der Waals surface area contributed by atoms with Gasteiger partial charge < -0.3 is 17.7 Å². The monoisotopic (exact) mass is 1210 g/mol. The molecule has 0 aliphatic rings. The molecule has 10 heteroatoms. The van der Waals surface area contributed by atoms with E-state index in [0.29, 0.717) is 121 Å². The largest absolute Gasteiger partial charge is 0.456 e. The third-order valence-electron chi connectivity index (χ3n) is 19.7. The van der Waals surface area contributed by atoms with Crippen molar-refractivity contribution >= 4 is 148 Å². The number of para-hydroxylation sites is 3. The molecule has 10 nitrogen and oxygen atoms in total. The van der Waals surface area contributed by atoms with Crippen molar-refractivity contribution in [3.63, 3.8) is 0 Å². The Kier molecular flexibility index (Phi) is 11.9. The molecule has 0 amide bonds. The van der Waals surface area contributed by atoms with Crippen molar-refractivity contribution in [1.29, 1.82) is 0 Å². The van der Waals surface area contributed by atoms with Crippen molar-refractivity contribution in [2.75, 3.05) is 0 Å². The maximum Gasteiger partial charge on any atom is 0.266 e. The predicted molar refractivity (Wildman–Crippen MR) is 382 cm³/mol. The SMILES string of the molecule is CC(C)c1cccc(C(C)C)c1-n1c(=O)c2cc3oc4ccc(C(C)(C)C)cc4c4cc(C(C)(C)C)ccc4oc4cc5c(=O)n6c7ccccc7nc6c6cc7oc8ccc(C(C)(C)C)cc8c8cc(C(C)(C)C)ccc8oc8cc(c1=O)c2c1c3c4c(c56)c7c81. The number of hydrogen-bond donors (Lipinski definition) is 0. The maximum atomic E-state index is 16.6. The Morgan fingerprint density at radius 3 is 1.03 bits per heavy atom. The summed E-state index contributed by atoms with van der Waals surface area (Å²) in [6.45, 7) is 34.8. The molecule has 0 saturated heterocycles. The van der Waals surface area contributed by atoms with Crippen LogP contribution in [0.3, 0.4) is 0 Å². The molecular formula is C82H73N3O7. The van der Waals surface area contributed by atoms with Crippen LogP contribution >= 0.6 is 0 Å². The zero-order valence-corrected chi connectivity index (χ0v) is 55.1. The van der Waals surface area contributed by atoms with E-state index in [1.165, 1.54) is 4.57 Å². The molecule has 458 valence electrons. The van der Waals surface area contributed by atoms with Crippen molar-refractivity contribution < 1.29 is 17.7 Å². The van der Waals surface area contributed by atoms with Gasteiger partial charge in [0.1, 0.15) is 50.3 Å². The van der Waals surface area contributed by atoms with E-state index >= 15 is 14.4 Å². The van der Waals surface area contributed by atoms with Crippen LogP contribution in [0.4, 0.5) is 0 Å². The van der Waals surface area contributed by atoms with Gasteiger partial charge in [-0.15, -0.1) is 0 Å². The van der Waals surface area contributed by atoms with Gasteiger partial charge in [0.05, 0.1) is 32.9 Å². The lowest BCUT2D eigenvalue weighted by molar-refractivity contribution is 0.589. The predicted octanol–water partition coefficient (Wildman–Crippen LogP) is 21.6. The third kappa shape index (κ3) is 8.23. The van der Waals surface area contributed by atoms with Crippen LogP contribution < -0.4 is 16.7 Å². The molecule has 0 unspecified atom stereocenters. The molecule has 0 bridgehead atoms. The number of rotatable bonds is 3. The van der Waals surface area contributed by atoms with Crippen LogP contribution in [0.1, 0.15) is 156 Å². The fraction of sp³-hybridized carbons (Fsp3) is 0.268. The second-order valence-corrected chi connectivity index (χ2v) is 30.5. The third-order valence-corrected chi connectivity index (χ3v) is 19.7. The molecule has 0 spiro atoms. The minimum atomic E-state index is -0.484. The Bertz CT molecular complexity index is 6110. The van der Waals surface area contributed by atoms with Gasteiger partial charge in [-0.05, 0) is 152 Å². The van der Waals surface area contributed by atoms with Gasteiger partial charge in [-0.25, -0.2) is 9.55 Å². The molecule has 0 saturated carbocycles. The Balaban J connectivity index is 1.30. The Hall–Kier alpha value is -9.80. The number of fused-ring (bicyclic) bond motifs is 10. The van der Waals surface area contributed by atoms with Crippen molar-refractivity contribution in [2.45, 2.75) is 144 Å². The Morgan fingerprint density at radius 1 is 0.337 bits per heavy atom. The van der Waals surface area contributed by atoms with E-state index < -0.39 is 11.1 Å². The standard InChI is InChI=1S/C82H73N3O7/c1-40(2)46-20-19-21-47(41(3)4)74(46)85-77(87)54-38-64-70-68-62(89-58-28-24-42(79(5,6)7)32-48(58)49-33-43(80(8,9)10)26-30-60(49)91-64)36-52-66-53(76(86)84-57-23-18-17-22-56(57)83-75(52)84)37-63-69(72(66)68)71-65(39-55(78(85)88)67(54)73(70)71)92-61-31-27-45(82(14,15)16)35-51(61)50-34-44(81(11,12)13)25-29-59(50)90-63/h17-41H,1-16H3. The van der Waals surface area contributed by atoms with E-state index in [0.717, 1.165) is 54.9 Å². The fourth-order valence-corrected chi connectivity index (χ4v) is 14.7. The van der Waals surface area contributed by atoms with Gasteiger partial charge in [-0.3, -0.25) is 18.8 Å². The highest BCUT2D eigenvalue weighted by molar-refractivity contribution is 6.48. The summed E-state index contributed by atoms with van der Waals surface area (Å²) in [4.78, 5) is 54.5. The van der Waals surface area contributed by atoms with Gasteiger partial charge in [0, 0.05) is 70.0 Å². The topological polar surface area (TPSA) is 126 Å². The number of hydrogen-bond acceptors (Lipinski definition) is 8. The normalized spacial score (nSPS) is 13.3. The first kappa shape index (κ1) is 57.4. The first-order valence-electron chi connectivity index (χ1n) is 32.3. The molecule has 0 radical (unpaired) electrons. The quantitative estimate of drug-likeness (QED) is 0.126. The molecule has 92 heavy (non-hydrogen) atoms. The lowest BCUT2D eigenvalue weighted by Gasteiger charge is -2.23. The van der Waals surface area contributed by atoms with Gasteiger partial charge in [0.25, 0.3) is 16.7 Å². The molecule has 0 aliphatic heterocycles. The molecule has 0 N–H and O–H groups in total. The summed E-state index contributed by atoms with van der Waals surface area (Å²) in [6.07, 6.45) is 0. The van der Waals surface area contributed by atoms with Crippen LogP contribution in [-0.4, -0.2) is 14.0 Å². The molecule has 5 heterocycles. The molecule has 16 rings (SSSR count). The van der Waals surface area contributed by atoms with Gasteiger partial charge in [0.2, 0.25) is 0 Å². The first-order chi connectivity index (χ1) is 43.5. The van der Waals surface area contributed by atoms with Crippen LogP contribution in [0.2, 0.25) is 0 Å². The lowest BCUT2D eigenvalue weighted by atomic mass is 9.84. The van der Waals surface area contributed by atoms with Gasteiger partial charge in [-0.1, -0.05) is 165 Å². The van der Waals surface area contributed by atoms with E-state index in [9.17, 15) is 0 Å². The average molecular weight is 1210 g/mol. The van der Waals surface area contributed by atoms with Crippen LogP contribution in [0.5, 0.6) is 0 Å². The number of pyridine rings is 2. The molecule has 0 aliphatic carbocycles. The van der Waals surface area contributed by atoms with Crippen molar-refractivity contribution in [2.24, 2.45) is 0 Å². The summed E-state index contributed by atoms with van der Waals surface area (Å²) < 4.78 is 34.2. The zero-order chi connectivity index (χ0) is 64.5. The second kappa shape index (κ2) is 19.1. The molecule has 0 atom stereocenters. The summed E-state index contributed by atoms with van der Waals surface area (Å²) in [5, 5.41) is 9.33. The van der Waals surface area contributed by atoms with E-state index in [1.54, 1.807) is 4.40 Å². The number of benzene rings is 11. The molecule has 5 aromatic heterocycles. The second-order valence-electron chi connectivity index (χ2n) is 30.5. The smallest absolute Gasteiger partial charge is 0.266 e. The molecule has 16 aromatic rings. The number of imidazole rings is 1. The van der Waals surface area contributed by atoms with Crippen molar-refractivity contribution in [3.8, 4) is 5.69 Å². The van der Waals surface area contributed by atoms with Gasteiger partial charge >= 0.3 is 0 Å². The molecular weight excluding hydrogens is 1140 g/mol. The van der Waals surface area contributed by atoms with E-state index in [-0.39, 0.29) is 49.8 Å². The summed E-state index contributed by atoms with van der Waals surface area (Å²) in [7, 11) is 0. The highest BCUT2D eigenvalue weighted by Crippen LogP contribution is 2.52. The molecule has 0 fully saturated rings. The highest BCUT2D eigenvalue weighted by atomic mass is 16.3. The summed E-state index contributed by atoms with van der Waals surface area (Å²) >= 11 is 0.